The van der Waals surface area contributed by atoms with Gasteiger partial charge in [0.2, 0.25) is 0 Å². The van der Waals surface area contributed by atoms with Crippen molar-refractivity contribution < 1.29 is 9.47 Å². The summed E-state index contributed by atoms with van der Waals surface area (Å²) in [7, 11) is 0.286. The van der Waals surface area contributed by atoms with Gasteiger partial charge in [0.05, 0.1) is 18.8 Å². The molecule has 6 aromatic carbocycles. The van der Waals surface area contributed by atoms with Crippen molar-refractivity contribution in [3.05, 3.63) is 151 Å². The maximum Gasteiger partial charge on any atom is 0.151 e. The Hall–Kier alpha value is -4.42. The van der Waals surface area contributed by atoms with E-state index in [2.05, 4.69) is 171 Å². The lowest BCUT2D eigenvalue weighted by Gasteiger charge is -2.34. The van der Waals surface area contributed by atoms with Gasteiger partial charge in [-0.25, -0.2) is 0 Å². The lowest BCUT2D eigenvalue weighted by atomic mass is 9.98. The Morgan fingerprint density at radius 2 is 1.08 bits per heavy atom. The molecule has 0 atom stereocenters. The number of aryl methyl sites for hydroxylation is 1. The lowest BCUT2D eigenvalue weighted by Crippen LogP contribution is -2.32. The molecule has 0 saturated carbocycles. The van der Waals surface area contributed by atoms with Gasteiger partial charge in [0.1, 0.15) is 12.4 Å². The Kier molecular flexibility index (Phi) is 11.5. The van der Waals surface area contributed by atoms with Crippen LogP contribution in [0.5, 0.6) is 11.5 Å². The summed E-state index contributed by atoms with van der Waals surface area (Å²) in [6.07, 6.45) is 4.62. The van der Waals surface area contributed by atoms with Crippen molar-refractivity contribution in [2.45, 2.75) is 39.5 Å². The van der Waals surface area contributed by atoms with Crippen LogP contribution in [-0.4, -0.2) is 26.8 Å². The van der Waals surface area contributed by atoms with Crippen LogP contribution >= 0.6 is 15.8 Å². The van der Waals surface area contributed by atoms with Crippen LogP contribution in [0.3, 0.4) is 0 Å². The van der Waals surface area contributed by atoms with Crippen LogP contribution in [0.4, 0.5) is 5.69 Å². The zero-order valence-corrected chi connectivity index (χ0v) is 31.8. The molecule has 0 saturated heterocycles. The molecule has 0 aliphatic carbocycles. The van der Waals surface area contributed by atoms with Crippen LogP contribution < -0.4 is 46.2 Å². The van der Waals surface area contributed by atoms with Gasteiger partial charge in [0.25, 0.3) is 0 Å². The number of anilines is 1. The van der Waals surface area contributed by atoms with E-state index in [1.807, 2.05) is 0 Å². The van der Waals surface area contributed by atoms with Gasteiger partial charge < -0.3 is 14.4 Å². The molecule has 7 rings (SSSR count). The molecule has 258 valence electrons. The predicted molar refractivity (Wildman–Crippen MR) is 222 cm³/mol. The van der Waals surface area contributed by atoms with E-state index in [0.29, 0.717) is 13.2 Å². The summed E-state index contributed by atoms with van der Waals surface area (Å²) in [6.45, 7) is 6.64. The molecule has 0 aromatic heterocycles. The SMILES string of the molecule is CCCCCCOc1c(C)ccc(P(c2ccccc2)c2ccccc2)c1-c1c(P(c2ccccc2)c2ccccc2)ccc2c1OCCN2C. The highest BCUT2D eigenvalue weighted by Crippen LogP contribution is 2.51. The van der Waals surface area contributed by atoms with Gasteiger partial charge >= 0.3 is 0 Å². The average molecular weight is 708 g/mol. The first-order valence-corrected chi connectivity index (χ1v) is 20.9. The minimum absolute atomic E-state index is 0.634. The van der Waals surface area contributed by atoms with Gasteiger partial charge in [0.15, 0.2) is 5.75 Å². The van der Waals surface area contributed by atoms with Crippen molar-refractivity contribution in [1.29, 1.82) is 0 Å². The average Bonchev–Trinajstić information content (AvgIpc) is 3.18. The van der Waals surface area contributed by atoms with Gasteiger partial charge in [-0.1, -0.05) is 166 Å². The van der Waals surface area contributed by atoms with E-state index in [4.69, 9.17) is 9.47 Å². The molecule has 6 aromatic rings. The third-order valence-corrected chi connectivity index (χ3v) is 14.5. The van der Waals surface area contributed by atoms with Gasteiger partial charge in [-0.15, -0.1) is 0 Å². The monoisotopic (exact) mass is 707 g/mol. The maximum absolute atomic E-state index is 7.04. The Labute approximate surface area is 306 Å². The fourth-order valence-electron chi connectivity index (χ4n) is 7.00. The van der Waals surface area contributed by atoms with Crippen LogP contribution in [-0.2, 0) is 0 Å². The highest BCUT2D eigenvalue weighted by Gasteiger charge is 2.33. The molecule has 0 unspecified atom stereocenters. The van der Waals surface area contributed by atoms with Crippen molar-refractivity contribution in [3.8, 4) is 22.6 Å². The summed E-state index contributed by atoms with van der Waals surface area (Å²) >= 11 is 0. The highest BCUT2D eigenvalue weighted by atomic mass is 31.1. The number of nitrogens with zero attached hydrogens (tertiary/aromatic N) is 1. The van der Waals surface area contributed by atoms with Crippen molar-refractivity contribution in [2.24, 2.45) is 0 Å². The number of likely N-dealkylation sites (N-methyl/N-ethyl adjacent to an activating group) is 1. The largest absolute Gasteiger partial charge is 0.493 e. The first kappa shape index (κ1) is 35.0. The zero-order chi connectivity index (χ0) is 35.0. The van der Waals surface area contributed by atoms with Crippen molar-refractivity contribution >= 4 is 53.4 Å². The first-order valence-electron chi connectivity index (χ1n) is 18.2. The van der Waals surface area contributed by atoms with E-state index >= 15 is 0 Å². The molecular formula is C46H47NO2P2. The predicted octanol–water partition coefficient (Wildman–Crippen LogP) is 8.97. The van der Waals surface area contributed by atoms with Crippen LogP contribution in [0, 0.1) is 6.92 Å². The second-order valence-electron chi connectivity index (χ2n) is 13.1. The van der Waals surface area contributed by atoms with Crippen LogP contribution in [0.15, 0.2) is 146 Å². The Morgan fingerprint density at radius 1 is 0.588 bits per heavy atom. The van der Waals surface area contributed by atoms with Gasteiger partial charge in [-0.2, -0.15) is 0 Å². The number of rotatable bonds is 13. The molecule has 5 heteroatoms. The minimum Gasteiger partial charge on any atom is -0.493 e. The topological polar surface area (TPSA) is 21.7 Å². The first-order chi connectivity index (χ1) is 25.2. The molecule has 3 nitrogen and oxygen atoms in total. The number of ether oxygens (including phenoxy) is 2. The van der Waals surface area contributed by atoms with E-state index in [1.54, 1.807) is 0 Å². The molecule has 0 spiro atoms. The smallest absolute Gasteiger partial charge is 0.151 e. The van der Waals surface area contributed by atoms with Crippen LogP contribution in [0.25, 0.3) is 11.1 Å². The van der Waals surface area contributed by atoms with Gasteiger partial charge in [0, 0.05) is 18.2 Å². The molecular weight excluding hydrogens is 660 g/mol. The number of fused-ring (bicyclic) bond motifs is 1. The van der Waals surface area contributed by atoms with Crippen molar-refractivity contribution in [3.63, 3.8) is 0 Å². The van der Waals surface area contributed by atoms with E-state index in [1.165, 1.54) is 62.2 Å². The fraction of sp³-hybridized carbons (Fsp3) is 0.217. The van der Waals surface area contributed by atoms with Crippen molar-refractivity contribution in [1.82, 2.24) is 0 Å². The summed E-state index contributed by atoms with van der Waals surface area (Å²) < 4.78 is 13.9. The normalized spacial score (nSPS) is 12.5. The molecule has 0 radical (unpaired) electrons. The quantitative estimate of drug-likeness (QED) is 0.0884. The maximum atomic E-state index is 7.04. The van der Waals surface area contributed by atoms with E-state index in [0.717, 1.165) is 35.7 Å². The molecule has 0 N–H and O–H groups in total. The molecule has 1 heterocycles. The van der Waals surface area contributed by atoms with E-state index < -0.39 is 15.8 Å². The second-order valence-corrected chi connectivity index (χ2v) is 17.5. The van der Waals surface area contributed by atoms with Crippen molar-refractivity contribution in [2.75, 3.05) is 31.7 Å². The fourth-order valence-corrected chi connectivity index (χ4v) is 11.9. The molecule has 0 amide bonds. The summed E-state index contributed by atoms with van der Waals surface area (Å²) in [4.78, 5) is 2.34. The molecule has 51 heavy (non-hydrogen) atoms. The Bertz CT molecular complexity index is 1940. The number of unbranched alkanes of at least 4 members (excludes halogenated alkanes) is 3. The van der Waals surface area contributed by atoms with Gasteiger partial charge in [-0.05, 0) is 72.6 Å². The summed E-state index contributed by atoms with van der Waals surface area (Å²) in [6, 6.07) is 53.5. The van der Waals surface area contributed by atoms with Gasteiger partial charge in [-0.3, -0.25) is 0 Å². The number of hydrogen-bond donors (Lipinski definition) is 0. The Morgan fingerprint density at radius 3 is 1.59 bits per heavy atom. The lowest BCUT2D eigenvalue weighted by molar-refractivity contribution is 0.302. The van der Waals surface area contributed by atoms with Crippen LogP contribution in [0.2, 0.25) is 0 Å². The summed E-state index contributed by atoms with van der Waals surface area (Å²) in [5, 5.41) is 7.84. The number of benzene rings is 6. The van der Waals surface area contributed by atoms with Crippen LogP contribution in [0.1, 0.15) is 38.2 Å². The summed E-state index contributed by atoms with van der Waals surface area (Å²) in [5.41, 5.74) is 4.61. The standard InChI is InChI=1S/C46H47NO2P2/c1-4-5-6-19-33-48-45-35(2)28-30-41(50(36-20-11-7-12-21-36)37-22-13-8-14-23-37)43(45)44-42(31-29-40-46(44)49-34-32-47(40)3)51(38-24-15-9-16-25-38)39-26-17-10-18-27-39/h7-18,20-31H,4-6,19,32-34H2,1-3H3. The molecule has 1 aliphatic heterocycles. The molecule has 0 fully saturated rings. The summed E-state index contributed by atoms with van der Waals surface area (Å²) in [5.74, 6) is 1.94. The van der Waals surface area contributed by atoms with E-state index in [-0.39, 0.29) is 0 Å². The van der Waals surface area contributed by atoms with E-state index in [9.17, 15) is 0 Å². The highest BCUT2D eigenvalue weighted by molar-refractivity contribution is 7.80. The number of hydrogen-bond acceptors (Lipinski definition) is 3. The third-order valence-electron chi connectivity index (χ3n) is 9.57. The zero-order valence-electron chi connectivity index (χ0n) is 30.0. The molecule has 1 aliphatic rings. The molecule has 0 bridgehead atoms. The minimum atomic E-state index is -0.950. The Balaban J connectivity index is 1.57. The third kappa shape index (κ3) is 7.62. The second kappa shape index (κ2) is 16.7.